The molecule has 0 aliphatic rings. The predicted octanol–water partition coefficient (Wildman–Crippen LogP) is 1.69. The molecule has 1 aromatic rings. The maximum atomic E-state index is 11.6. The highest BCUT2D eigenvalue weighted by atomic mass is 32.1. The van der Waals surface area contributed by atoms with Crippen molar-refractivity contribution in [3.05, 3.63) is 16.3 Å². The Balaban J connectivity index is 2.59. The molecule has 1 heterocycles. The minimum absolute atomic E-state index is 0.116. The van der Waals surface area contributed by atoms with Gasteiger partial charge in [0.15, 0.2) is 0 Å². The second kappa shape index (κ2) is 6.97. The van der Waals surface area contributed by atoms with Crippen LogP contribution in [0, 0.1) is 0 Å². The molecule has 0 fully saturated rings. The molecule has 0 saturated carbocycles. The number of hydrogen-bond acceptors (Lipinski definition) is 5. The number of anilines is 1. The average molecular weight is 272 g/mol. The van der Waals surface area contributed by atoms with Crippen molar-refractivity contribution in [2.75, 3.05) is 26.1 Å². The Labute approximate surface area is 109 Å². The van der Waals surface area contributed by atoms with Crippen molar-refractivity contribution < 1.29 is 19.1 Å². The van der Waals surface area contributed by atoms with E-state index in [-0.39, 0.29) is 12.1 Å². The van der Waals surface area contributed by atoms with E-state index in [1.165, 1.54) is 18.4 Å². The zero-order chi connectivity index (χ0) is 13.5. The minimum Gasteiger partial charge on any atom is -0.465 e. The van der Waals surface area contributed by atoms with E-state index < -0.39 is 5.97 Å². The van der Waals surface area contributed by atoms with E-state index in [2.05, 4.69) is 15.4 Å². The number of hydrogen-bond donors (Lipinski definition) is 2. The summed E-state index contributed by atoms with van der Waals surface area (Å²) in [5.74, 6) is -0.475. The summed E-state index contributed by atoms with van der Waals surface area (Å²) >= 11 is 1.31. The molecule has 2 N–H and O–H groups in total. The summed E-state index contributed by atoms with van der Waals surface area (Å²) in [5.41, 5.74) is 0.783. The van der Waals surface area contributed by atoms with Crippen molar-refractivity contribution in [1.29, 1.82) is 0 Å². The molecule has 0 aliphatic heterocycles. The number of urea groups is 1. The van der Waals surface area contributed by atoms with Crippen LogP contribution in [0.2, 0.25) is 0 Å². The number of carbonyl (C=O) groups is 2. The molecule has 1 aromatic heterocycles. The fourth-order valence-corrected chi connectivity index (χ4v) is 2.09. The molecule has 100 valence electrons. The van der Waals surface area contributed by atoms with E-state index in [0.29, 0.717) is 17.9 Å². The van der Waals surface area contributed by atoms with Gasteiger partial charge in [-0.2, -0.15) is 0 Å². The first-order valence-electron chi connectivity index (χ1n) is 5.29. The van der Waals surface area contributed by atoms with Crippen molar-refractivity contribution in [1.82, 2.24) is 5.32 Å². The van der Waals surface area contributed by atoms with Crippen molar-refractivity contribution in [2.45, 2.75) is 13.0 Å². The quantitative estimate of drug-likeness (QED) is 0.800. The van der Waals surface area contributed by atoms with Gasteiger partial charge in [-0.05, 0) is 6.92 Å². The van der Waals surface area contributed by atoms with Gasteiger partial charge >= 0.3 is 12.0 Å². The Bertz CT molecular complexity index is 419. The van der Waals surface area contributed by atoms with E-state index in [0.717, 1.165) is 0 Å². The molecule has 18 heavy (non-hydrogen) atoms. The third kappa shape index (κ3) is 4.01. The second-order valence-corrected chi connectivity index (χ2v) is 4.39. The van der Waals surface area contributed by atoms with E-state index in [9.17, 15) is 9.59 Å². The molecule has 1 atom stereocenters. The molecule has 0 spiro atoms. The Morgan fingerprint density at radius 1 is 1.39 bits per heavy atom. The summed E-state index contributed by atoms with van der Waals surface area (Å²) in [6, 6.07) is -0.502. The molecule has 6 nitrogen and oxygen atoms in total. The average Bonchev–Trinajstić information content (AvgIpc) is 2.76. The normalized spacial score (nSPS) is 11.7. The Kier molecular flexibility index (Phi) is 5.60. The standard InChI is InChI=1S/C11H16N2O4S/c1-7(4-16-2)12-11(15)13-9-6-18-5-8(9)10(14)17-3/h5-7H,4H2,1-3H3,(H2,12,13,15)/t7-/m0/s1. The smallest absolute Gasteiger partial charge is 0.340 e. The third-order valence-electron chi connectivity index (χ3n) is 2.11. The third-order valence-corrected chi connectivity index (χ3v) is 2.85. The molecular weight excluding hydrogens is 256 g/mol. The zero-order valence-corrected chi connectivity index (χ0v) is 11.3. The Morgan fingerprint density at radius 3 is 2.72 bits per heavy atom. The van der Waals surface area contributed by atoms with Crippen LogP contribution in [0.3, 0.4) is 0 Å². The summed E-state index contributed by atoms with van der Waals surface area (Å²) < 4.78 is 9.52. The van der Waals surface area contributed by atoms with Crippen LogP contribution in [0.4, 0.5) is 10.5 Å². The monoisotopic (exact) mass is 272 g/mol. The topological polar surface area (TPSA) is 76.7 Å². The van der Waals surface area contributed by atoms with Crippen LogP contribution in [0.15, 0.2) is 10.8 Å². The zero-order valence-electron chi connectivity index (χ0n) is 10.5. The largest absolute Gasteiger partial charge is 0.465 e. The van der Waals surface area contributed by atoms with Gasteiger partial charge in [0.2, 0.25) is 0 Å². The van der Waals surface area contributed by atoms with Gasteiger partial charge in [-0.1, -0.05) is 0 Å². The van der Waals surface area contributed by atoms with Gasteiger partial charge in [0, 0.05) is 17.9 Å². The second-order valence-electron chi connectivity index (χ2n) is 3.65. The summed E-state index contributed by atoms with van der Waals surface area (Å²) in [6.45, 7) is 2.23. The summed E-state index contributed by atoms with van der Waals surface area (Å²) in [4.78, 5) is 23.0. The van der Waals surface area contributed by atoms with Gasteiger partial charge in [0.05, 0.1) is 31.0 Å². The van der Waals surface area contributed by atoms with Gasteiger partial charge in [-0.3, -0.25) is 0 Å². The van der Waals surface area contributed by atoms with E-state index in [1.54, 1.807) is 17.9 Å². The minimum atomic E-state index is -0.475. The lowest BCUT2D eigenvalue weighted by molar-refractivity contribution is 0.0602. The van der Waals surface area contributed by atoms with Gasteiger partial charge in [-0.25, -0.2) is 9.59 Å². The predicted molar refractivity (Wildman–Crippen MR) is 69.2 cm³/mol. The molecule has 7 heteroatoms. The van der Waals surface area contributed by atoms with Crippen molar-refractivity contribution in [3.8, 4) is 0 Å². The van der Waals surface area contributed by atoms with Crippen LogP contribution >= 0.6 is 11.3 Å². The van der Waals surface area contributed by atoms with Crippen LogP contribution < -0.4 is 10.6 Å². The fraction of sp³-hybridized carbons (Fsp3) is 0.455. The number of thiophene rings is 1. The van der Waals surface area contributed by atoms with Crippen molar-refractivity contribution in [2.24, 2.45) is 0 Å². The van der Waals surface area contributed by atoms with Crippen molar-refractivity contribution >= 4 is 29.0 Å². The molecule has 0 radical (unpaired) electrons. The van der Waals surface area contributed by atoms with E-state index in [4.69, 9.17) is 4.74 Å². The molecule has 0 aliphatic carbocycles. The van der Waals surface area contributed by atoms with Crippen LogP contribution in [0.1, 0.15) is 17.3 Å². The molecule has 2 amide bonds. The first kappa shape index (κ1) is 14.5. The molecule has 1 rings (SSSR count). The van der Waals surface area contributed by atoms with Gasteiger partial charge < -0.3 is 20.1 Å². The Hall–Kier alpha value is -1.60. The van der Waals surface area contributed by atoms with Gasteiger partial charge in [-0.15, -0.1) is 11.3 Å². The van der Waals surface area contributed by atoms with E-state index >= 15 is 0 Å². The van der Waals surface area contributed by atoms with Gasteiger partial charge in [0.25, 0.3) is 0 Å². The number of esters is 1. The lowest BCUT2D eigenvalue weighted by Gasteiger charge is -2.13. The highest BCUT2D eigenvalue weighted by Gasteiger charge is 2.15. The highest BCUT2D eigenvalue weighted by Crippen LogP contribution is 2.21. The molecular formula is C11H16N2O4S. The molecule has 0 bridgehead atoms. The lowest BCUT2D eigenvalue weighted by Crippen LogP contribution is -2.38. The SMILES string of the molecule is COC[C@H](C)NC(=O)Nc1cscc1C(=O)OC. The van der Waals surface area contributed by atoms with Gasteiger partial charge in [0.1, 0.15) is 0 Å². The number of ether oxygens (including phenoxy) is 2. The number of rotatable bonds is 5. The highest BCUT2D eigenvalue weighted by molar-refractivity contribution is 7.08. The van der Waals surface area contributed by atoms with Crippen molar-refractivity contribution in [3.63, 3.8) is 0 Å². The van der Waals surface area contributed by atoms with Crippen LogP contribution in [0.25, 0.3) is 0 Å². The van der Waals surface area contributed by atoms with Crippen LogP contribution in [0.5, 0.6) is 0 Å². The first-order valence-corrected chi connectivity index (χ1v) is 6.23. The molecule has 0 unspecified atom stereocenters. The maximum absolute atomic E-state index is 11.6. The van der Waals surface area contributed by atoms with Crippen LogP contribution in [-0.4, -0.2) is 38.9 Å². The molecule has 0 aromatic carbocycles. The summed E-state index contributed by atoms with van der Waals surface area (Å²) in [7, 11) is 2.86. The summed E-state index contributed by atoms with van der Waals surface area (Å²) in [5, 5.41) is 8.58. The summed E-state index contributed by atoms with van der Waals surface area (Å²) in [6.07, 6.45) is 0. The number of nitrogens with one attached hydrogen (secondary N) is 2. The fourth-order valence-electron chi connectivity index (χ4n) is 1.34. The number of carbonyl (C=O) groups excluding carboxylic acids is 2. The lowest BCUT2D eigenvalue weighted by atomic mass is 10.3. The number of amides is 2. The Morgan fingerprint density at radius 2 is 2.11 bits per heavy atom. The maximum Gasteiger partial charge on any atom is 0.340 e. The van der Waals surface area contributed by atoms with E-state index in [1.807, 2.05) is 6.92 Å². The molecule has 0 saturated heterocycles. The number of methoxy groups -OCH3 is 2. The van der Waals surface area contributed by atoms with Crippen LogP contribution in [-0.2, 0) is 9.47 Å². The first-order chi connectivity index (χ1) is 8.58.